The van der Waals surface area contributed by atoms with E-state index in [4.69, 9.17) is 9.47 Å². The van der Waals surface area contributed by atoms with E-state index in [1.165, 1.54) is 89.9 Å². The minimum absolute atomic E-state index is 0.0516. The van der Waals surface area contributed by atoms with Gasteiger partial charge in [0.2, 0.25) is 5.91 Å². The largest absolute Gasteiger partial charge is 0.480 e. The molecule has 1 rings (SSSR count). The molecule has 1 fully saturated rings. The van der Waals surface area contributed by atoms with Crippen molar-refractivity contribution in [3.8, 4) is 0 Å². The molecule has 47 heavy (non-hydrogen) atoms. The summed E-state index contributed by atoms with van der Waals surface area (Å²) in [5, 5.41) is 9.45. The zero-order valence-electron chi connectivity index (χ0n) is 29.8. The van der Waals surface area contributed by atoms with Crippen LogP contribution >= 0.6 is 0 Å². The summed E-state index contributed by atoms with van der Waals surface area (Å²) in [5.74, 6) is -0.859. The quantitative estimate of drug-likeness (QED) is 0.0997. The van der Waals surface area contributed by atoms with Gasteiger partial charge in [-0.15, -0.1) is 0 Å². The average molecular weight is 670 g/mol. The van der Waals surface area contributed by atoms with Crippen LogP contribution in [-0.4, -0.2) is 147 Å². The van der Waals surface area contributed by atoms with Gasteiger partial charge in [-0.1, -0.05) is 103 Å². The number of carboxylic acids is 1. The summed E-state index contributed by atoms with van der Waals surface area (Å²) in [5.41, 5.74) is 0. The summed E-state index contributed by atoms with van der Waals surface area (Å²) in [7, 11) is 1.86. The summed E-state index contributed by atoms with van der Waals surface area (Å²) in [4.78, 5) is 56.0. The number of rotatable bonds is 27. The maximum Gasteiger partial charge on any atom is 0.317 e. The Bertz CT molecular complexity index is 806. The van der Waals surface area contributed by atoms with Crippen molar-refractivity contribution in [2.24, 2.45) is 0 Å². The van der Waals surface area contributed by atoms with Crippen LogP contribution in [0.4, 0.5) is 0 Å². The minimum Gasteiger partial charge on any atom is -0.480 e. The fourth-order valence-electron chi connectivity index (χ4n) is 5.95. The summed E-state index contributed by atoms with van der Waals surface area (Å²) in [6.45, 7) is 8.37. The van der Waals surface area contributed by atoms with Crippen LogP contribution in [0.15, 0.2) is 0 Å². The molecule has 12 nitrogen and oxygen atoms in total. The molecule has 0 aromatic carbocycles. The topological polar surface area (TPSA) is 123 Å². The molecule has 1 amide bonds. The van der Waals surface area contributed by atoms with Crippen molar-refractivity contribution < 1.29 is 33.8 Å². The number of amides is 1. The van der Waals surface area contributed by atoms with Gasteiger partial charge in [-0.25, -0.2) is 0 Å². The molecule has 0 aromatic rings. The lowest BCUT2D eigenvalue weighted by atomic mass is 10.0. The molecule has 0 atom stereocenters. The number of nitrogens with zero attached hydrogens (tertiary/aromatic N) is 5. The third kappa shape index (κ3) is 24.5. The minimum atomic E-state index is -0.911. The number of carboxylic acid groups (broad SMARTS) is 1. The third-order valence-corrected chi connectivity index (χ3v) is 9.07. The van der Waals surface area contributed by atoms with E-state index >= 15 is 0 Å². The van der Waals surface area contributed by atoms with Crippen molar-refractivity contribution in [1.29, 1.82) is 0 Å². The van der Waals surface area contributed by atoms with E-state index in [9.17, 15) is 24.3 Å². The van der Waals surface area contributed by atoms with Crippen molar-refractivity contribution in [2.75, 3.05) is 92.5 Å². The Balaban J connectivity index is 2.41. The highest BCUT2D eigenvalue weighted by molar-refractivity contribution is 5.78. The number of unbranched alkanes of at least 4 members (excludes halogenated alkanes) is 15. The van der Waals surface area contributed by atoms with Gasteiger partial charge in [0.1, 0.15) is 13.5 Å². The molecule has 0 saturated carbocycles. The van der Waals surface area contributed by atoms with Crippen molar-refractivity contribution in [2.45, 2.75) is 110 Å². The van der Waals surface area contributed by atoms with Crippen molar-refractivity contribution in [3.05, 3.63) is 0 Å². The molecule has 1 saturated heterocycles. The fourth-order valence-corrected chi connectivity index (χ4v) is 5.95. The molecule has 1 aliphatic heterocycles. The van der Waals surface area contributed by atoms with E-state index < -0.39 is 5.97 Å². The van der Waals surface area contributed by atoms with Crippen LogP contribution in [0.3, 0.4) is 0 Å². The highest BCUT2D eigenvalue weighted by Gasteiger charge is 2.20. The lowest BCUT2D eigenvalue weighted by Gasteiger charge is -2.33. The number of hydrogen-bond acceptors (Lipinski definition) is 10. The zero-order valence-corrected chi connectivity index (χ0v) is 29.8. The normalized spacial score (nSPS) is 16.2. The maximum atomic E-state index is 13.2. The zero-order chi connectivity index (χ0) is 34.4. The van der Waals surface area contributed by atoms with Gasteiger partial charge < -0.3 is 19.5 Å². The molecule has 12 heteroatoms. The van der Waals surface area contributed by atoms with E-state index in [0.717, 1.165) is 19.4 Å². The van der Waals surface area contributed by atoms with Crippen LogP contribution < -0.4 is 0 Å². The predicted molar refractivity (Wildman–Crippen MR) is 185 cm³/mol. The van der Waals surface area contributed by atoms with Crippen LogP contribution in [-0.2, 0) is 28.7 Å². The third-order valence-electron chi connectivity index (χ3n) is 9.07. The van der Waals surface area contributed by atoms with Crippen LogP contribution in [0.25, 0.3) is 0 Å². The summed E-state index contributed by atoms with van der Waals surface area (Å²) >= 11 is 0. The van der Waals surface area contributed by atoms with E-state index in [1.807, 2.05) is 26.6 Å². The highest BCUT2D eigenvalue weighted by atomic mass is 16.5. The Morgan fingerprint density at radius 3 is 1.28 bits per heavy atom. The Hall–Kier alpha value is -2.28. The maximum absolute atomic E-state index is 13.2. The number of carbonyl (C=O) groups excluding carboxylic acids is 3. The molecule has 274 valence electrons. The first kappa shape index (κ1) is 42.7. The van der Waals surface area contributed by atoms with Crippen LogP contribution in [0.5, 0.6) is 0 Å². The Morgan fingerprint density at radius 2 is 0.915 bits per heavy atom. The Kier molecular flexibility index (Phi) is 27.1. The second-order valence-corrected chi connectivity index (χ2v) is 13.1. The predicted octanol–water partition coefficient (Wildman–Crippen LogP) is 4.27. The second kappa shape index (κ2) is 29.8. The fraction of sp³-hybridized carbons (Fsp3) is 0.886. The lowest BCUT2D eigenvalue weighted by Crippen LogP contribution is -2.49. The average Bonchev–Trinajstić information content (AvgIpc) is 3.05. The SMILES string of the molecule is CCCCCCCCCCCCCCCCCCN(C)C(=O)CN1CCN(COC=O)CCN(COC=O)CCN(CC(=O)O)CC1. The Morgan fingerprint density at radius 1 is 0.574 bits per heavy atom. The summed E-state index contributed by atoms with van der Waals surface area (Å²) in [6, 6.07) is 0. The molecule has 0 radical (unpaired) electrons. The molecular weight excluding hydrogens is 602 g/mol. The van der Waals surface area contributed by atoms with Crippen molar-refractivity contribution in [3.63, 3.8) is 0 Å². The summed E-state index contributed by atoms with van der Waals surface area (Å²) in [6.07, 6.45) is 21.1. The van der Waals surface area contributed by atoms with Crippen molar-refractivity contribution >= 4 is 24.8 Å². The van der Waals surface area contributed by atoms with Crippen LogP contribution in [0.2, 0.25) is 0 Å². The molecule has 0 aliphatic carbocycles. The highest BCUT2D eigenvalue weighted by Crippen LogP contribution is 2.14. The lowest BCUT2D eigenvalue weighted by molar-refractivity contribution is -0.139. The van der Waals surface area contributed by atoms with Gasteiger partial charge in [0, 0.05) is 66.0 Å². The van der Waals surface area contributed by atoms with Gasteiger partial charge in [-0.2, -0.15) is 0 Å². The number of likely N-dealkylation sites (N-methyl/N-ethyl adjacent to an activating group) is 1. The van der Waals surface area contributed by atoms with Crippen LogP contribution in [0, 0.1) is 0 Å². The standard InChI is InChI=1S/C35H67N5O7/c1-3-4-5-6-7-8-9-10-11-12-13-14-15-16-17-18-19-36(2)34(43)28-37-20-21-38(29-35(44)45)23-25-40(31-47-33-42)27-26-39(24-22-37)30-46-32-41/h32-33H,3-31H2,1-2H3,(H,44,45). The van der Waals surface area contributed by atoms with E-state index in [-0.39, 0.29) is 32.5 Å². The number of ether oxygens (including phenoxy) is 2. The number of carbonyl (C=O) groups is 4. The molecule has 0 aromatic heterocycles. The van der Waals surface area contributed by atoms with Gasteiger partial charge in [0.05, 0.1) is 13.1 Å². The molecule has 1 heterocycles. The van der Waals surface area contributed by atoms with Gasteiger partial charge in [0.15, 0.2) is 0 Å². The Labute approximate surface area is 285 Å². The first-order chi connectivity index (χ1) is 22.9. The molecule has 1 aliphatic rings. The van der Waals surface area contributed by atoms with Gasteiger partial charge >= 0.3 is 5.97 Å². The molecule has 1 N–H and O–H groups in total. The van der Waals surface area contributed by atoms with Gasteiger partial charge in [-0.3, -0.25) is 38.8 Å². The van der Waals surface area contributed by atoms with E-state index in [0.29, 0.717) is 65.3 Å². The molecule has 0 unspecified atom stereocenters. The smallest absolute Gasteiger partial charge is 0.317 e. The number of hydrogen-bond donors (Lipinski definition) is 1. The second-order valence-electron chi connectivity index (χ2n) is 13.1. The monoisotopic (exact) mass is 670 g/mol. The van der Waals surface area contributed by atoms with Gasteiger partial charge in [0.25, 0.3) is 12.9 Å². The first-order valence-electron chi connectivity index (χ1n) is 18.3. The molecular formula is C35H67N5O7. The first-order valence-corrected chi connectivity index (χ1v) is 18.3. The van der Waals surface area contributed by atoms with E-state index in [1.54, 1.807) is 0 Å². The van der Waals surface area contributed by atoms with Crippen LogP contribution in [0.1, 0.15) is 110 Å². The van der Waals surface area contributed by atoms with Crippen molar-refractivity contribution in [1.82, 2.24) is 24.5 Å². The molecule has 0 bridgehead atoms. The number of aliphatic carboxylic acids is 1. The van der Waals surface area contributed by atoms with E-state index in [2.05, 4.69) is 11.8 Å². The summed E-state index contributed by atoms with van der Waals surface area (Å²) < 4.78 is 9.98. The van der Waals surface area contributed by atoms with Gasteiger partial charge in [-0.05, 0) is 6.42 Å². The molecule has 0 spiro atoms.